The van der Waals surface area contributed by atoms with Crippen molar-refractivity contribution < 1.29 is 9.84 Å². The fourth-order valence-corrected chi connectivity index (χ4v) is 3.59. The van der Waals surface area contributed by atoms with E-state index in [2.05, 4.69) is 25.9 Å². The number of nitrogens with zero attached hydrogens (tertiary/aromatic N) is 2. The Hall–Kier alpha value is -1.10. The van der Waals surface area contributed by atoms with Crippen molar-refractivity contribution >= 4 is 46.3 Å². The minimum absolute atomic E-state index is 0.333. The third kappa shape index (κ3) is 4.70. The van der Waals surface area contributed by atoms with Gasteiger partial charge < -0.3 is 0 Å². The molecule has 0 saturated carbocycles. The molecule has 1 heterocycles. The average Bonchev–Trinajstić information content (AvgIpc) is 2.45. The van der Waals surface area contributed by atoms with Crippen molar-refractivity contribution in [1.29, 1.82) is 0 Å². The molecule has 0 amide bonds. The average molecular weight is 414 g/mol. The molecule has 3 atom stereocenters. The first kappa shape index (κ1) is 16.3. The van der Waals surface area contributed by atoms with Crippen molar-refractivity contribution in [2.45, 2.75) is 26.1 Å². The zero-order valence-corrected chi connectivity index (χ0v) is 15.4. The Morgan fingerprint density at radius 2 is 1.95 bits per heavy atom. The van der Waals surface area contributed by atoms with Gasteiger partial charge in [0, 0.05) is 0 Å². The van der Waals surface area contributed by atoms with Crippen molar-refractivity contribution in [3.63, 3.8) is 0 Å². The Morgan fingerprint density at radius 3 is 2.57 bits per heavy atom. The predicted molar refractivity (Wildman–Crippen MR) is 88.8 cm³/mol. The molecular formula is C14H17AsBrN3O2. The molecule has 1 aromatic carbocycles. The van der Waals surface area contributed by atoms with Gasteiger partial charge >= 0.3 is 139 Å². The van der Waals surface area contributed by atoms with Crippen LogP contribution in [0.4, 0.5) is 5.69 Å². The summed E-state index contributed by atoms with van der Waals surface area (Å²) in [6.07, 6.45) is 0.789. The molecule has 5 nitrogen and oxygen atoms in total. The topological polar surface area (TPSA) is 81.3 Å². The van der Waals surface area contributed by atoms with E-state index in [4.69, 9.17) is 10.5 Å². The fourth-order valence-electron chi connectivity index (χ4n) is 1.46. The number of nitrogen functional groups attached to an aromatic ring is 1. The summed E-state index contributed by atoms with van der Waals surface area (Å²) in [6.45, 7) is 3.48. The Balaban J connectivity index is 2.16. The number of hydrogen-bond acceptors (Lipinski definition) is 5. The second kappa shape index (κ2) is 7.25. The van der Waals surface area contributed by atoms with Gasteiger partial charge in [-0.15, -0.1) is 0 Å². The number of hydrogen-bond donors (Lipinski definition) is 2. The summed E-state index contributed by atoms with van der Waals surface area (Å²) in [7, 11) is 0. The standard InChI is InChI=1S/C14H17AsBrN3O2/c1-8(20)9(2)21-13-12(16)7-18-14(19-13)15-10-3-5-11(17)6-4-10/h3-9,15,20H,17H2,1-2H3. The molecule has 2 aromatic rings. The number of aliphatic hydroxyl groups excluding tert-OH is 1. The number of aliphatic hydroxyl groups is 1. The Kier molecular flexibility index (Phi) is 5.62. The summed E-state index contributed by atoms with van der Waals surface area (Å²) < 4.78 is 8.31. The second-order valence-electron chi connectivity index (χ2n) is 4.66. The Morgan fingerprint density at radius 1 is 1.29 bits per heavy atom. The van der Waals surface area contributed by atoms with Crippen molar-refractivity contribution in [2.24, 2.45) is 0 Å². The number of halogens is 1. The molecule has 21 heavy (non-hydrogen) atoms. The van der Waals surface area contributed by atoms with Gasteiger partial charge in [-0.05, 0) is 0 Å². The van der Waals surface area contributed by atoms with Crippen LogP contribution < -0.4 is 19.4 Å². The van der Waals surface area contributed by atoms with Gasteiger partial charge in [-0.1, -0.05) is 0 Å². The van der Waals surface area contributed by atoms with Crippen LogP contribution in [-0.2, 0) is 0 Å². The molecule has 0 saturated heterocycles. The summed E-state index contributed by atoms with van der Waals surface area (Å²) in [6, 6.07) is 7.76. The van der Waals surface area contributed by atoms with Crippen LogP contribution in [-0.4, -0.2) is 43.0 Å². The minimum atomic E-state index is -0.645. The molecule has 0 fully saturated rings. The first-order valence-corrected chi connectivity index (χ1v) is 9.34. The summed E-state index contributed by atoms with van der Waals surface area (Å²) in [5.41, 5.74) is 6.43. The van der Waals surface area contributed by atoms with E-state index in [-0.39, 0.29) is 6.10 Å². The van der Waals surface area contributed by atoms with Crippen LogP contribution >= 0.6 is 15.9 Å². The van der Waals surface area contributed by atoms with Gasteiger partial charge in [0.1, 0.15) is 0 Å². The first-order chi connectivity index (χ1) is 9.95. The monoisotopic (exact) mass is 413 g/mol. The van der Waals surface area contributed by atoms with Crippen molar-refractivity contribution in [3.8, 4) is 5.88 Å². The van der Waals surface area contributed by atoms with Gasteiger partial charge in [0.25, 0.3) is 0 Å². The summed E-state index contributed by atoms with van der Waals surface area (Å²) in [5, 5.41) is 9.52. The maximum absolute atomic E-state index is 9.52. The first-order valence-electron chi connectivity index (χ1n) is 6.45. The SMILES string of the molecule is CC(O)C(C)Oc1nc([AsH]c2ccc(N)cc2)ncc1Br. The number of benzene rings is 1. The van der Waals surface area contributed by atoms with Crippen molar-refractivity contribution in [3.05, 3.63) is 34.9 Å². The normalized spacial score (nSPS) is 14.3. The van der Waals surface area contributed by atoms with E-state index in [1.165, 1.54) is 4.35 Å². The van der Waals surface area contributed by atoms with E-state index in [9.17, 15) is 5.11 Å². The van der Waals surface area contributed by atoms with Gasteiger partial charge in [-0.2, -0.15) is 0 Å². The zero-order chi connectivity index (χ0) is 15.4. The predicted octanol–water partition coefficient (Wildman–Crippen LogP) is 0.357. The molecule has 3 unspecified atom stereocenters. The van der Waals surface area contributed by atoms with Crippen LogP contribution in [0.3, 0.4) is 0 Å². The van der Waals surface area contributed by atoms with E-state index in [1.807, 2.05) is 24.3 Å². The summed E-state index contributed by atoms with van der Waals surface area (Å²) in [4.78, 5) is 8.78. The van der Waals surface area contributed by atoms with Crippen molar-refractivity contribution in [2.75, 3.05) is 5.73 Å². The molecule has 2 rings (SSSR count). The number of nitrogens with two attached hydrogens (primary N) is 1. The van der Waals surface area contributed by atoms with Crippen LogP contribution in [0.2, 0.25) is 0 Å². The molecule has 0 bridgehead atoms. The van der Waals surface area contributed by atoms with E-state index >= 15 is 0 Å². The Labute approximate surface area is 138 Å². The van der Waals surface area contributed by atoms with Gasteiger partial charge in [0.2, 0.25) is 0 Å². The summed E-state index contributed by atoms with van der Waals surface area (Å²) in [5.74, 6) is 0.465. The van der Waals surface area contributed by atoms with Crippen LogP contribution in [0.1, 0.15) is 13.8 Å². The third-order valence-corrected chi connectivity index (χ3v) is 5.68. The molecule has 3 N–H and O–H groups in total. The van der Waals surface area contributed by atoms with Crippen LogP contribution in [0.25, 0.3) is 0 Å². The molecule has 1 aromatic heterocycles. The van der Waals surface area contributed by atoms with E-state index in [0.29, 0.717) is 10.4 Å². The number of rotatable bonds is 5. The van der Waals surface area contributed by atoms with Crippen molar-refractivity contribution in [1.82, 2.24) is 9.97 Å². The van der Waals surface area contributed by atoms with Crippen LogP contribution in [0.5, 0.6) is 5.88 Å². The van der Waals surface area contributed by atoms with Crippen LogP contribution in [0, 0.1) is 0 Å². The van der Waals surface area contributed by atoms with Crippen LogP contribution in [0.15, 0.2) is 34.9 Å². The molecule has 7 heteroatoms. The van der Waals surface area contributed by atoms with Gasteiger partial charge in [0.15, 0.2) is 0 Å². The maximum atomic E-state index is 9.52. The number of anilines is 1. The molecule has 0 aliphatic rings. The molecule has 0 aliphatic heterocycles. The third-order valence-electron chi connectivity index (χ3n) is 2.86. The molecular weight excluding hydrogens is 397 g/mol. The fraction of sp³-hybridized carbons (Fsp3) is 0.286. The van der Waals surface area contributed by atoms with E-state index in [1.54, 1.807) is 20.0 Å². The zero-order valence-electron chi connectivity index (χ0n) is 11.7. The van der Waals surface area contributed by atoms with E-state index in [0.717, 1.165) is 10.3 Å². The molecule has 0 radical (unpaired) electrons. The Bertz CT molecular complexity index is 608. The quantitative estimate of drug-likeness (QED) is 0.546. The molecule has 0 spiro atoms. The number of ether oxygens (including phenoxy) is 1. The molecule has 112 valence electrons. The summed E-state index contributed by atoms with van der Waals surface area (Å²) >= 11 is 2.72. The van der Waals surface area contributed by atoms with Gasteiger partial charge in [-0.3, -0.25) is 0 Å². The van der Waals surface area contributed by atoms with Gasteiger partial charge in [-0.25, -0.2) is 0 Å². The number of aromatic nitrogens is 2. The van der Waals surface area contributed by atoms with E-state index < -0.39 is 21.9 Å². The van der Waals surface area contributed by atoms with Gasteiger partial charge in [0.05, 0.1) is 0 Å². The second-order valence-corrected chi connectivity index (χ2v) is 8.19. The molecule has 0 aliphatic carbocycles.